The van der Waals surface area contributed by atoms with Crippen LogP contribution in [0.2, 0.25) is 5.02 Å². The minimum absolute atomic E-state index is 0.0663. The average molecular weight is 279 g/mol. The summed E-state index contributed by atoms with van der Waals surface area (Å²) < 4.78 is 5.72. The normalized spacial score (nSPS) is 10.0. The molecule has 0 aromatic heterocycles. The van der Waals surface area contributed by atoms with Crippen molar-refractivity contribution in [2.24, 2.45) is 5.73 Å². The van der Waals surface area contributed by atoms with Gasteiger partial charge in [0.25, 0.3) is 0 Å². The average Bonchev–Trinajstić information content (AvgIpc) is 2.15. The molecular weight excluding hydrogens is 269 g/mol. The molecule has 0 spiro atoms. The van der Waals surface area contributed by atoms with Crippen LogP contribution in [0.5, 0.6) is 5.75 Å². The third-order valence-electron chi connectivity index (χ3n) is 1.70. The van der Waals surface area contributed by atoms with Gasteiger partial charge in [-0.25, -0.2) is 0 Å². The van der Waals surface area contributed by atoms with E-state index in [1.165, 1.54) is 7.11 Å². The van der Waals surface area contributed by atoms with Crippen molar-refractivity contribution in [3.8, 4) is 5.75 Å². The maximum atomic E-state index is 11.4. The van der Waals surface area contributed by atoms with Crippen LogP contribution in [0.15, 0.2) is 16.6 Å². The monoisotopic (exact) mass is 277 g/mol. The summed E-state index contributed by atoms with van der Waals surface area (Å²) in [4.78, 5) is 11.4. The smallest absolute Gasteiger partial charge is 0.180 e. The molecule has 0 amide bonds. The van der Waals surface area contributed by atoms with E-state index in [9.17, 15) is 4.79 Å². The number of halogens is 2. The fourth-order valence-electron chi connectivity index (χ4n) is 1.08. The van der Waals surface area contributed by atoms with Gasteiger partial charge >= 0.3 is 0 Å². The van der Waals surface area contributed by atoms with Gasteiger partial charge in [-0.1, -0.05) is 11.6 Å². The molecule has 0 atom stereocenters. The first-order valence-electron chi connectivity index (χ1n) is 3.86. The molecule has 3 nitrogen and oxygen atoms in total. The lowest BCUT2D eigenvalue weighted by atomic mass is 10.1. The third-order valence-corrected chi connectivity index (χ3v) is 2.51. The first kappa shape index (κ1) is 11.5. The summed E-state index contributed by atoms with van der Waals surface area (Å²) in [6.45, 7) is -0.0663. The van der Waals surface area contributed by atoms with Crippen LogP contribution in [0.1, 0.15) is 10.4 Å². The number of benzene rings is 1. The van der Waals surface area contributed by atoms with E-state index in [0.717, 1.165) is 0 Å². The second-order valence-corrected chi connectivity index (χ2v) is 3.89. The first-order chi connectivity index (χ1) is 6.60. The van der Waals surface area contributed by atoms with E-state index in [1.807, 2.05) is 0 Å². The molecule has 0 bridgehead atoms. The van der Waals surface area contributed by atoms with Crippen LogP contribution >= 0.6 is 27.5 Å². The Balaban J connectivity index is 3.32. The first-order valence-corrected chi connectivity index (χ1v) is 5.03. The highest BCUT2D eigenvalue weighted by Crippen LogP contribution is 2.32. The van der Waals surface area contributed by atoms with E-state index in [0.29, 0.717) is 20.8 Å². The Morgan fingerprint density at radius 3 is 2.79 bits per heavy atom. The number of hydrogen-bond acceptors (Lipinski definition) is 3. The zero-order valence-electron chi connectivity index (χ0n) is 7.51. The number of carbonyl (C=O) groups is 1. The highest BCUT2D eigenvalue weighted by Gasteiger charge is 2.14. The number of Topliss-reactive ketones (excluding diaryl/α,β-unsaturated/α-hetero) is 1. The van der Waals surface area contributed by atoms with Crippen molar-refractivity contribution in [2.45, 2.75) is 0 Å². The summed E-state index contributed by atoms with van der Waals surface area (Å²) in [5.41, 5.74) is 5.66. The van der Waals surface area contributed by atoms with Crippen molar-refractivity contribution in [1.29, 1.82) is 0 Å². The van der Waals surface area contributed by atoms with Crippen molar-refractivity contribution in [3.05, 3.63) is 27.2 Å². The molecule has 0 heterocycles. The molecule has 0 unspecified atom stereocenters. The van der Waals surface area contributed by atoms with Gasteiger partial charge in [0.05, 0.1) is 23.7 Å². The standard InChI is InChI=1S/C9H9BrClNO2/c1-14-9-6(8(13)4-12)2-5(11)3-7(9)10/h2-3H,4,12H2,1H3. The van der Waals surface area contributed by atoms with Crippen molar-refractivity contribution < 1.29 is 9.53 Å². The van der Waals surface area contributed by atoms with Crippen LogP contribution < -0.4 is 10.5 Å². The van der Waals surface area contributed by atoms with E-state index in [-0.39, 0.29) is 12.3 Å². The molecule has 1 aromatic rings. The Morgan fingerprint density at radius 1 is 1.64 bits per heavy atom. The molecule has 1 rings (SSSR count). The number of hydrogen-bond donors (Lipinski definition) is 1. The molecule has 0 aliphatic heterocycles. The molecule has 1 aromatic carbocycles. The van der Waals surface area contributed by atoms with Gasteiger partial charge in [0.2, 0.25) is 0 Å². The SMILES string of the molecule is COc1c(Br)cc(Cl)cc1C(=O)CN. The molecule has 0 aliphatic carbocycles. The predicted molar refractivity (Wildman–Crippen MR) is 59.1 cm³/mol. The van der Waals surface area contributed by atoms with Gasteiger partial charge in [0.15, 0.2) is 5.78 Å². The maximum Gasteiger partial charge on any atom is 0.180 e. The van der Waals surface area contributed by atoms with E-state index >= 15 is 0 Å². The topological polar surface area (TPSA) is 52.3 Å². The van der Waals surface area contributed by atoms with Crippen molar-refractivity contribution in [1.82, 2.24) is 0 Å². The quantitative estimate of drug-likeness (QED) is 0.863. The number of nitrogens with two attached hydrogens (primary N) is 1. The molecule has 5 heteroatoms. The van der Waals surface area contributed by atoms with Crippen molar-refractivity contribution in [2.75, 3.05) is 13.7 Å². The number of ether oxygens (including phenoxy) is 1. The van der Waals surface area contributed by atoms with Gasteiger partial charge in [-0.2, -0.15) is 0 Å². The highest BCUT2D eigenvalue weighted by molar-refractivity contribution is 9.10. The number of carbonyl (C=O) groups excluding carboxylic acids is 1. The third kappa shape index (κ3) is 2.26. The van der Waals surface area contributed by atoms with E-state index < -0.39 is 0 Å². The van der Waals surface area contributed by atoms with E-state index in [1.54, 1.807) is 12.1 Å². The van der Waals surface area contributed by atoms with Gasteiger partial charge < -0.3 is 10.5 Å². The zero-order valence-corrected chi connectivity index (χ0v) is 9.85. The summed E-state index contributed by atoms with van der Waals surface area (Å²) in [5.74, 6) is 0.259. The van der Waals surface area contributed by atoms with Gasteiger partial charge in [0, 0.05) is 5.02 Å². The number of ketones is 1. The van der Waals surface area contributed by atoms with Gasteiger partial charge in [0.1, 0.15) is 5.75 Å². The highest BCUT2D eigenvalue weighted by atomic mass is 79.9. The predicted octanol–water partition coefficient (Wildman–Crippen LogP) is 2.25. The Hall–Kier alpha value is -0.580. The largest absolute Gasteiger partial charge is 0.495 e. The minimum Gasteiger partial charge on any atom is -0.495 e. The molecular formula is C9H9BrClNO2. The van der Waals surface area contributed by atoms with E-state index in [4.69, 9.17) is 22.1 Å². The molecule has 0 aliphatic rings. The molecule has 2 N–H and O–H groups in total. The lowest BCUT2D eigenvalue weighted by Gasteiger charge is -2.09. The van der Waals surface area contributed by atoms with Crippen LogP contribution in [0.4, 0.5) is 0 Å². The van der Waals surface area contributed by atoms with Crippen LogP contribution in [-0.2, 0) is 0 Å². The molecule has 0 radical (unpaired) electrons. The van der Waals surface area contributed by atoms with Gasteiger partial charge in [-0.05, 0) is 28.1 Å². The van der Waals surface area contributed by atoms with Gasteiger partial charge in [-0.15, -0.1) is 0 Å². The number of rotatable bonds is 3. The second-order valence-electron chi connectivity index (χ2n) is 2.60. The summed E-state index contributed by atoms with van der Waals surface area (Å²) in [5, 5.41) is 0.467. The fraction of sp³-hybridized carbons (Fsp3) is 0.222. The Labute approximate surface area is 95.3 Å². The van der Waals surface area contributed by atoms with Crippen LogP contribution in [0.25, 0.3) is 0 Å². The summed E-state index contributed by atoms with van der Waals surface area (Å²) in [7, 11) is 1.49. The summed E-state index contributed by atoms with van der Waals surface area (Å²) in [6.07, 6.45) is 0. The molecule has 0 saturated carbocycles. The van der Waals surface area contributed by atoms with Crippen LogP contribution in [-0.4, -0.2) is 19.4 Å². The second kappa shape index (κ2) is 4.77. The Kier molecular flexibility index (Phi) is 3.92. The van der Waals surface area contributed by atoms with Crippen LogP contribution in [0, 0.1) is 0 Å². The summed E-state index contributed by atoms with van der Waals surface area (Å²) >= 11 is 9.05. The molecule has 14 heavy (non-hydrogen) atoms. The van der Waals surface area contributed by atoms with Crippen molar-refractivity contribution >= 4 is 33.3 Å². The molecule has 76 valence electrons. The lowest BCUT2D eigenvalue weighted by molar-refractivity contribution is 0.0998. The van der Waals surface area contributed by atoms with Crippen LogP contribution in [0.3, 0.4) is 0 Å². The molecule has 0 saturated heterocycles. The molecule has 0 fully saturated rings. The number of methoxy groups -OCH3 is 1. The minimum atomic E-state index is -0.204. The van der Waals surface area contributed by atoms with E-state index in [2.05, 4.69) is 15.9 Å². The lowest BCUT2D eigenvalue weighted by Crippen LogP contribution is -2.14. The van der Waals surface area contributed by atoms with Crippen molar-refractivity contribution in [3.63, 3.8) is 0 Å². The maximum absolute atomic E-state index is 11.4. The Morgan fingerprint density at radius 2 is 2.29 bits per heavy atom. The zero-order chi connectivity index (χ0) is 10.7. The summed E-state index contributed by atoms with van der Waals surface area (Å²) in [6, 6.07) is 3.20. The van der Waals surface area contributed by atoms with Gasteiger partial charge in [-0.3, -0.25) is 4.79 Å². The Bertz CT molecular complexity index is 368. The fourth-order valence-corrected chi connectivity index (χ4v) is 2.06.